The summed E-state index contributed by atoms with van der Waals surface area (Å²) in [5, 5.41) is 0.540. The Balaban J connectivity index is 3.02. The highest BCUT2D eigenvalue weighted by Crippen LogP contribution is 2.34. The Morgan fingerprint density at radius 1 is 1.53 bits per heavy atom. The smallest absolute Gasteiger partial charge is 0.341 e. The van der Waals surface area contributed by atoms with Gasteiger partial charge in [-0.25, -0.2) is 4.79 Å². The average Bonchev–Trinajstić information content (AvgIpc) is 2.47. The Kier molecular flexibility index (Phi) is 3.39. The van der Waals surface area contributed by atoms with Crippen LogP contribution in [0.4, 0.5) is 5.00 Å². The third kappa shape index (κ3) is 2.72. The number of nitrogen functional groups attached to an aromatic ring is 1. The van der Waals surface area contributed by atoms with Gasteiger partial charge in [-0.1, -0.05) is 20.8 Å². The van der Waals surface area contributed by atoms with Crippen LogP contribution in [0.25, 0.3) is 0 Å². The third-order valence-electron chi connectivity index (χ3n) is 2.00. The summed E-state index contributed by atoms with van der Waals surface area (Å²) in [5.74, 6) is -0.332. The normalized spacial score (nSPS) is 11.5. The topological polar surface area (TPSA) is 52.3 Å². The number of thiophene rings is 1. The lowest BCUT2D eigenvalue weighted by atomic mass is 9.94. The summed E-state index contributed by atoms with van der Waals surface area (Å²) in [5.41, 5.74) is 6.30. The van der Waals surface area contributed by atoms with Crippen LogP contribution >= 0.6 is 11.3 Å². The molecule has 3 nitrogen and oxygen atoms in total. The molecule has 0 bridgehead atoms. The number of hydrogen-bond donors (Lipinski definition) is 1. The first-order valence-electron chi connectivity index (χ1n) is 4.93. The van der Waals surface area contributed by atoms with Gasteiger partial charge in [-0.3, -0.25) is 0 Å². The van der Waals surface area contributed by atoms with Crippen molar-refractivity contribution in [2.75, 3.05) is 12.3 Å². The summed E-state index contributed by atoms with van der Waals surface area (Å²) in [4.78, 5) is 12.6. The molecule has 1 rings (SSSR count). The molecule has 0 aliphatic rings. The molecule has 0 aliphatic carbocycles. The Morgan fingerprint density at radius 3 is 2.53 bits per heavy atom. The van der Waals surface area contributed by atoms with Crippen LogP contribution in [0.2, 0.25) is 0 Å². The minimum atomic E-state index is -0.332. The molecule has 0 saturated carbocycles. The standard InChI is InChI=1S/C11H17NO2S/c1-5-14-10(13)7-6-8(11(2,3)4)15-9(7)12/h6H,5,12H2,1-4H3. The number of carbonyl (C=O) groups is 1. The summed E-state index contributed by atoms with van der Waals surface area (Å²) in [6, 6.07) is 1.83. The van der Waals surface area contributed by atoms with Gasteiger partial charge in [0.2, 0.25) is 0 Å². The lowest BCUT2D eigenvalue weighted by Gasteiger charge is -2.14. The van der Waals surface area contributed by atoms with Crippen LogP contribution in [-0.2, 0) is 10.2 Å². The predicted molar refractivity (Wildman–Crippen MR) is 63.4 cm³/mol. The van der Waals surface area contributed by atoms with Crippen molar-refractivity contribution < 1.29 is 9.53 Å². The predicted octanol–water partition coefficient (Wildman–Crippen LogP) is 2.80. The Hall–Kier alpha value is -1.03. The maximum Gasteiger partial charge on any atom is 0.341 e. The molecule has 0 aliphatic heterocycles. The van der Waals surface area contributed by atoms with E-state index in [1.165, 1.54) is 11.3 Å². The quantitative estimate of drug-likeness (QED) is 0.790. The van der Waals surface area contributed by atoms with E-state index in [4.69, 9.17) is 10.5 Å². The molecule has 0 unspecified atom stereocenters. The van der Waals surface area contributed by atoms with Gasteiger partial charge in [-0.05, 0) is 18.4 Å². The van der Waals surface area contributed by atoms with Crippen molar-refractivity contribution in [2.45, 2.75) is 33.1 Å². The van der Waals surface area contributed by atoms with Crippen LogP contribution < -0.4 is 5.73 Å². The van der Waals surface area contributed by atoms with E-state index < -0.39 is 0 Å². The van der Waals surface area contributed by atoms with Gasteiger partial charge in [-0.2, -0.15) is 0 Å². The highest BCUT2D eigenvalue weighted by Gasteiger charge is 2.22. The molecule has 1 aromatic rings. The molecule has 0 aromatic carbocycles. The highest BCUT2D eigenvalue weighted by atomic mass is 32.1. The van der Waals surface area contributed by atoms with Crippen molar-refractivity contribution in [3.63, 3.8) is 0 Å². The van der Waals surface area contributed by atoms with E-state index in [0.717, 1.165) is 4.88 Å². The second kappa shape index (κ2) is 4.23. The Morgan fingerprint density at radius 2 is 2.13 bits per heavy atom. The first kappa shape index (κ1) is 12.0. The molecule has 0 amide bonds. The zero-order valence-electron chi connectivity index (χ0n) is 9.59. The largest absolute Gasteiger partial charge is 0.462 e. The fourth-order valence-electron chi connectivity index (χ4n) is 1.14. The zero-order chi connectivity index (χ0) is 11.6. The minimum Gasteiger partial charge on any atom is -0.462 e. The van der Waals surface area contributed by atoms with E-state index in [-0.39, 0.29) is 11.4 Å². The monoisotopic (exact) mass is 227 g/mol. The second-order valence-corrected chi connectivity index (χ2v) is 5.44. The molecule has 0 spiro atoms. The third-order valence-corrected chi connectivity index (χ3v) is 3.39. The van der Waals surface area contributed by atoms with Gasteiger partial charge in [0, 0.05) is 4.88 Å². The van der Waals surface area contributed by atoms with Crippen molar-refractivity contribution in [1.29, 1.82) is 0 Å². The lowest BCUT2D eigenvalue weighted by molar-refractivity contribution is 0.0528. The molecule has 0 radical (unpaired) electrons. The van der Waals surface area contributed by atoms with Crippen molar-refractivity contribution in [1.82, 2.24) is 0 Å². The number of ether oxygens (including phenoxy) is 1. The molecule has 1 heterocycles. The summed E-state index contributed by atoms with van der Waals surface area (Å²) < 4.78 is 4.92. The molecule has 0 fully saturated rings. The van der Waals surface area contributed by atoms with Crippen molar-refractivity contribution in [2.24, 2.45) is 0 Å². The summed E-state index contributed by atoms with van der Waals surface area (Å²) in [7, 11) is 0. The number of esters is 1. The molecule has 0 atom stereocenters. The van der Waals surface area contributed by atoms with Crippen molar-refractivity contribution >= 4 is 22.3 Å². The maximum atomic E-state index is 11.5. The van der Waals surface area contributed by atoms with E-state index in [9.17, 15) is 4.79 Å². The van der Waals surface area contributed by atoms with Gasteiger partial charge < -0.3 is 10.5 Å². The van der Waals surface area contributed by atoms with Gasteiger partial charge >= 0.3 is 5.97 Å². The van der Waals surface area contributed by atoms with E-state index in [2.05, 4.69) is 20.8 Å². The average molecular weight is 227 g/mol. The molecule has 4 heteroatoms. The number of rotatable bonds is 2. The minimum absolute atomic E-state index is 0.0174. The number of anilines is 1. The van der Waals surface area contributed by atoms with Gasteiger partial charge in [0.15, 0.2) is 0 Å². The zero-order valence-corrected chi connectivity index (χ0v) is 10.4. The van der Waals surface area contributed by atoms with Crippen molar-refractivity contribution in [3.05, 3.63) is 16.5 Å². The molecule has 1 aromatic heterocycles. The van der Waals surface area contributed by atoms with Crippen LogP contribution in [0, 0.1) is 0 Å². The number of nitrogens with two attached hydrogens (primary N) is 1. The number of hydrogen-bond acceptors (Lipinski definition) is 4. The summed E-state index contributed by atoms with van der Waals surface area (Å²) in [6.07, 6.45) is 0. The maximum absolute atomic E-state index is 11.5. The van der Waals surface area contributed by atoms with Gasteiger partial charge in [0.1, 0.15) is 5.00 Å². The lowest BCUT2D eigenvalue weighted by Crippen LogP contribution is -2.09. The SMILES string of the molecule is CCOC(=O)c1cc(C(C)(C)C)sc1N. The van der Waals surface area contributed by atoms with Crippen LogP contribution in [0.1, 0.15) is 42.9 Å². The van der Waals surface area contributed by atoms with E-state index in [1.807, 2.05) is 6.07 Å². The highest BCUT2D eigenvalue weighted by molar-refractivity contribution is 7.16. The first-order chi connectivity index (χ1) is 6.86. The molecule has 0 saturated heterocycles. The molecule has 84 valence electrons. The fraction of sp³-hybridized carbons (Fsp3) is 0.545. The Bertz CT molecular complexity index is 363. The van der Waals surface area contributed by atoms with Crippen LogP contribution in [0.15, 0.2) is 6.07 Å². The van der Waals surface area contributed by atoms with E-state index in [0.29, 0.717) is 17.2 Å². The van der Waals surface area contributed by atoms with Crippen LogP contribution in [0.3, 0.4) is 0 Å². The Labute approximate surface area is 94.2 Å². The van der Waals surface area contributed by atoms with Crippen LogP contribution in [0.5, 0.6) is 0 Å². The van der Waals surface area contributed by atoms with Crippen LogP contribution in [-0.4, -0.2) is 12.6 Å². The van der Waals surface area contributed by atoms with Gasteiger partial charge in [0.25, 0.3) is 0 Å². The van der Waals surface area contributed by atoms with Crippen molar-refractivity contribution in [3.8, 4) is 0 Å². The number of carbonyl (C=O) groups excluding carboxylic acids is 1. The second-order valence-electron chi connectivity index (χ2n) is 4.36. The van der Waals surface area contributed by atoms with E-state index >= 15 is 0 Å². The fourth-order valence-corrected chi connectivity index (χ4v) is 2.12. The summed E-state index contributed by atoms with van der Waals surface area (Å²) in [6.45, 7) is 8.43. The van der Waals surface area contributed by atoms with Gasteiger partial charge in [0.05, 0.1) is 12.2 Å². The molecular formula is C11H17NO2S. The summed E-state index contributed by atoms with van der Waals surface area (Å²) >= 11 is 1.45. The first-order valence-corrected chi connectivity index (χ1v) is 5.74. The van der Waals surface area contributed by atoms with Gasteiger partial charge in [-0.15, -0.1) is 11.3 Å². The van der Waals surface area contributed by atoms with E-state index in [1.54, 1.807) is 6.92 Å². The molecule has 2 N–H and O–H groups in total. The molecular weight excluding hydrogens is 210 g/mol. The molecule has 15 heavy (non-hydrogen) atoms.